The van der Waals surface area contributed by atoms with E-state index in [9.17, 15) is 9.18 Å². The van der Waals surface area contributed by atoms with Gasteiger partial charge in [0.25, 0.3) is 0 Å². The highest BCUT2D eigenvalue weighted by molar-refractivity contribution is 5.88. The number of nitrogens with one attached hydrogen (secondary N) is 2. The maximum Gasteiger partial charge on any atom is 0.320 e. The van der Waals surface area contributed by atoms with Crippen molar-refractivity contribution < 1.29 is 14.3 Å². The van der Waals surface area contributed by atoms with Gasteiger partial charge in [0.15, 0.2) is 5.82 Å². The average Bonchev–Trinajstić information content (AvgIpc) is 2.79. The SMILES string of the molecule is Cc1cc(NC(=O)N[C@H](C)CCO)nn1-c1cccc(F)c1. The second kappa shape index (κ2) is 7.04. The van der Waals surface area contributed by atoms with Gasteiger partial charge in [0, 0.05) is 24.4 Å². The number of urea groups is 1. The summed E-state index contributed by atoms with van der Waals surface area (Å²) in [7, 11) is 0. The number of carbonyl (C=O) groups is 1. The summed E-state index contributed by atoms with van der Waals surface area (Å²) in [6.07, 6.45) is 0.476. The summed E-state index contributed by atoms with van der Waals surface area (Å²) in [6, 6.07) is 7.21. The van der Waals surface area contributed by atoms with E-state index in [1.54, 1.807) is 29.8 Å². The molecule has 2 rings (SSSR count). The summed E-state index contributed by atoms with van der Waals surface area (Å²) in [5.74, 6) is 0.0212. The number of hydrogen-bond donors (Lipinski definition) is 3. The Morgan fingerprint density at radius 2 is 2.23 bits per heavy atom. The number of aromatic nitrogens is 2. The lowest BCUT2D eigenvalue weighted by atomic mass is 10.2. The number of carbonyl (C=O) groups excluding carboxylic acids is 1. The van der Waals surface area contributed by atoms with Crippen molar-refractivity contribution in [2.75, 3.05) is 11.9 Å². The molecule has 0 radical (unpaired) electrons. The number of aryl methyl sites for hydroxylation is 1. The predicted molar refractivity (Wildman–Crippen MR) is 81.6 cm³/mol. The zero-order valence-corrected chi connectivity index (χ0v) is 12.5. The number of amides is 2. The predicted octanol–water partition coefficient (Wildman–Crippen LogP) is 2.21. The van der Waals surface area contributed by atoms with E-state index in [1.165, 1.54) is 12.1 Å². The highest BCUT2D eigenvalue weighted by Crippen LogP contribution is 2.15. The van der Waals surface area contributed by atoms with E-state index in [0.29, 0.717) is 17.9 Å². The normalized spacial score (nSPS) is 12.0. The molecule has 1 heterocycles. The van der Waals surface area contributed by atoms with Crippen LogP contribution in [0.2, 0.25) is 0 Å². The first kappa shape index (κ1) is 16.0. The molecule has 0 spiro atoms. The molecule has 118 valence electrons. The zero-order valence-electron chi connectivity index (χ0n) is 12.5. The topological polar surface area (TPSA) is 79.2 Å². The summed E-state index contributed by atoms with van der Waals surface area (Å²) in [5, 5.41) is 18.4. The van der Waals surface area contributed by atoms with Crippen LogP contribution in [0.3, 0.4) is 0 Å². The largest absolute Gasteiger partial charge is 0.396 e. The number of aliphatic hydroxyl groups excluding tert-OH is 1. The maximum atomic E-state index is 13.3. The van der Waals surface area contributed by atoms with Crippen LogP contribution < -0.4 is 10.6 Å². The second-order valence-electron chi connectivity index (χ2n) is 5.07. The van der Waals surface area contributed by atoms with Crippen LogP contribution >= 0.6 is 0 Å². The lowest BCUT2D eigenvalue weighted by Crippen LogP contribution is -2.36. The molecule has 7 heteroatoms. The van der Waals surface area contributed by atoms with Crippen LogP contribution in [-0.2, 0) is 0 Å². The number of aliphatic hydroxyl groups is 1. The standard InChI is InChI=1S/C15H19FN4O2/c1-10(6-7-21)17-15(22)18-14-8-11(2)20(19-14)13-5-3-4-12(16)9-13/h3-5,8-10,21H,6-7H2,1-2H3,(H2,17,18,19,22)/t10-/m1/s1. The molecule has 0 aliphatic heterocycles. The molecule has 1 atom stereocenters. The van der Waals surface area contributed by atoms with Gasteiger partial charge in [-0.1, -0.05) is 6.07 Å². The van der Waals surface area contributed by atoms with Gasteiger partial charge in [0.1, 0.15) is 5.82 Å². The Hall–Kier alpha value is -2.41. The third-order valence-corrected chi connectivity index (χ3v) is 3.12. The van der Waals surface area contributed by atoms with Crippen molar-refractivity contribution in [1.29, 1.82) is 0 Å². The van der Waals surface area contributed by atoms with Crippen molar-refractivity contribution in [3.63, 3.8) is 0 Å². The van der Waals surface area contributed by atoms with E-state index in [0.717, 1.165) is 5.69 Å². The van der Waals surface area contributed by atoms with Gasteiger partial charge < -0.3 is 10.4 Å². The zero-order chi connectivity index (χ0) is 16.1. The molecular formula is C15H19FN4O2. The lowest BCUT2D eigenvalue weighted by Gasteiger charge is -2.12. The first-order chi connectivity index (χ1) is 10.5. The van der Waals surface area contributed by atoms with Crippen molar-refractivity contribution in [2.45, 2.75) is 26.3 Å². The minimum atomic E-state index is -0.398. The van der Waals surface area contributed by atoms with Gasteiger partial charge in [-0.3, -0.25) is 5.32 Å². The van der Waals surface area contributed by atoms with E-state index < -0.39 is 6.03 Å². The van der Waals surface area contributed by atoms with E-state index >= 15 is 0 Å². The van der Waals surface area contributed by atoms with Crippen LogP contribution in [0.5, 0.6) is 0 Å². The number of anilines is 1. The molecule has 0 fully saturated rings. The molecule has 2 aromatic rings. The smallest absolute Gasteiger partial charge is 0.320 e. The van der Waals surface area contributed by atoms with Gasteiger partial charge >= 0.3 is 6.03 Å². The average molecular weight is 306 g/mol. The Morgan fingerprint density at radius 3 is 2.91 bits per heavy atom. The van der Waals surface area contributed by atoms with Gasteiger partial charge in [-0.25, -0.2) is 13.9 Å². The number of benzene rings is 1. The fourth-order valence-electron chi connectivity index (χ4n) is 2.05. The lowest BCUT2D eigenvalue weighted by molar-refractivity contribution is 0.241. The second-order valence-corrected chi connectivity index (χ2v) is 5.07. The molecule has 3 N–H and O–H groups in total. The molecule has 0 saturated carbocycles. The van der Waals surface area contributed by atoms with Gasteiger partial charge in [-0.2, -0.15) is 0 Å². The van der Waals surface area contributed by atoms with Gasteiger partial charge in [-0.05, 0) is 38.5 Å². The molecule has 0 bridgehead atoms. The van der Waals surface area contributed by atoms with Gasteiger partial charge in [0.05, 0.1) is 5.69 Å². The van der Waals surface area contributed by atoms with Crippen LogP contribution in [0.4, 0.5) is 15.0 Å². The van der Waals surface area contributed by atoms with Crippen LogP contribution in [0.25, 0.3) is 5.69 Å². The van der Waals surface area contributed by atoms with Crippen LogP contribution in [-0.4, -0.2) is 33.6 Å². The highest BCUT2D eigenvalue weighted by Gasteiger charge is 2.11. The van der Waals surface area contributed by atoms with E-state index in [1.807, 2.05) is 6.92 Å². The maximum absolute atomic E-state index is 13.3. The molecular weight excluding hydrogens is 287 g/mol. The first-order valence-corrected chi connectivity index (χ1v) is 7.00. The third kappa shape index (κ3) is 4.05. The quantitative estimate of drug-likeness (QED) is 0.792. The summed E-state index contributed by atoms with van der Waals surface area (Å²) in [6.45, 7) is 3.62. The van der Waals surface area contributed by atoms with Crippen molar-refractivity contribution in [1.82, 2.24) is 15.1 Å². The molecule has 0 aliphatic rings. The summed E-state index contributed by atoms with van der Waals surface area (Å²) in [5.41, 5.74) is 1.35. The van der Waals surface area contributed by atoms with Crippen molar-refractivity contribution >= 4 is 11.8 Å². The molecule has 1 aromatic carbocycles. The van der Waals surface area contributed by atoms with Crippen LogP contribution in [0.15, 0.2) is 30.3 Å². The minimum absolute atomic E-state index is 0.00868. The Kier molecular flexibility index (Phi) is 5.11. The third-order valence-electron chi connectivity index (χ3n) is 3.12. The Morgan fingerprint density at radius 1 is 1.45 bits per heavy atom. The molecule has 0 unspecified atom stereocenters. The summed E-state index contributed by atoms with van der Waals surface area (Å²) >= 11 is 0. The van der Waals surface area contributed by atoms with Crippen LogP contribution in [0.1, 0.15) is 19.0 Å². The minimum Gasteiger partial charge on any atom is -0.396 e. The first-order valence-electron chi connectivity index (χ1n) is 7.00. The van der Waals surface area contributed by atoms with Crippen molar-refractivity contribution in [3.8, 4) is 5.69 Å². The van der Waals surface area contributed by atoms with E-state index in [4.69, 9.17) is 5.11 Å². The number of nitrogens with zero attached hydrogens (tertiary/aromatic N) is 2. The molecule has 22 heavy (non-hydrogen) atoms. The summed E-state index contributed by atoms with van der Waals surface area (Å²) < 4.78 is 14.8. The van der Waals surface area contributed by atoms with Gasteiger partial charge in [-0.15, -0.1) is 5.10 Å². The fraction of sp³-hybridized carbons (Fsp3) is 0.333. The van der Waals surface area contributed by atoms with Crippen molar-refractivity contribution in [3.05, 3.63) is 41.8 Å². The molecule has 0 saturated heterocycles. The number of hydrogen-bond acceptors (Lipinski definition) is 3. The molecule has 2 amide bonds. The fourth-order valence-corrected chi connectivity index (χ4v) is 2.05. The highest BCUT2D eigenvalue weighted by atomic mass is 19.1. The Balaban J connectivity index is 2.08. The number of halogens is 1. The molecule has 0 aliphatic carbocycles. The molecule has 6 nitrogen and oxygen atoms in total. The van der Waals surface area contributed by atoms with Gasteiger partial charge in [0.2, 0.25) is 0 Å². The van der Waals surface area contributed by atoms with Crippen LogP contribution in [0, 0.1) is 12.7 Å². The van der Waals surface area contributed by atoms with Crippen molar-refractivity contribution in [2.24, 2.45) is 0 Å². The Bertz CT molecular complexity index is 657. The number of rotatable bonds is 5. The Labute approximate surface area is 128 Å². The van der Waals surface area contributed by atoms with E-state index in [2.05, 4.69) is 15.7 Å². The monoisotopic (exact) mass is 306 g/mol. The summed E-state index contributed by atoms with van der Waals surface area (Å²) in [4.78, 5) is 11.8. The van der Waals surface area contributed by atoms with E-state index in [-0.39, 0.29) is 18.5 Å². The molecule has 1 aromatic heterocycles.